The van der Waals surface area contributed by atoms with Gasteiger partial charge in [0, 0.05) is 11.4 Å². The van der Waals surface area contributed by atoms with Gasteiger partial charge < -0.3 is 15.4 Å². The van der Waals surface area contributed by atoms with E-state index in [1.165, 1.54) is 30.7 Å². The molecule has 1 saturated heterocycles. The second-order valence-corrected chi connectivity index (χ2v) is 6.75. The number of anilines is 2. The van der Waals surface area contributed by atoms with Crippen molar-refractivity contribution in [1.29, 1.82) is 0 Å². The van der Waals surface area contributed by atoms with Gasteiger partial charge in [-0.1, -0.05) is 6.42 Å². The molecular formula is C21H24FN3O3. The van der Waals surface area contributed by atoms with Crippen molar-refractivity contribution in [3.63, 3.8) is 0 Å². The van der Waals surface area contributed by atoms with Gasteiger partial charge in [0.05, 0.1) is 6.54 Å². The maximum Gasteiger partial charge on any atom is 0.262 e. The maximum atomic E-state index is 12.8. The molecule has 0 unspecified atom stereocenters. The molecule has 28 heavy (non-hydrogen) atoms. The second-order valence-electron chi connectivity index (χ2n) is 6.75. The number of piperidine rings is 1. The van der Waals surface area contributed by atoms with E-state index in [0.29, 0.717) is 23.7 Å². The van der Waals surface area contributed by atoms with Crippen LogP contribution in [0.3, 0.4) is 0 Å². The van der Waals surface area contributed by atoms with E-state index in [-0.39, 0.29) is 24.2 Å². The van der Waals surface area contributed by atoms with Crippen molar-refractivity contribution in [1.82, 2.24) is 4.90 Å². The van der Waals surface area contributed by atoms with Gasteiger partial charge in [0.2, 0.25) is 5.91 Å². The third-order valence-corrected chi connectivity index (χ3v) is 4.45. The molecule has 3 rings (SSSR count). The molecule has 6 nitrogen and oxygen atoms in total. The average molecular weight is 385 g/mol. The van der Waals surface area contributed by atoms with Crippen LogP contribution in [0.1, 0.15) is 19.3 Å². The number of ether oxygens (including phenoxy) is 1. The summed E-state index contributed by atoms with van der Waals surface area (Å²) in [5.74, 6) is -0.305. The SMILES string of the molecule is O=C(COc1ccc(F)cc1)Nc1ccc(NC(=O)CN2CCCCC2)cc1. The van der Waals surface area contributed by atoms with Gasteiger partial charge in [0.25, 0.3) is 5.91 Å². The quantitative estimate of drug-likeness (QED) is 0.768. The summed E-state index contributed by atoms with van der Waals surface area (Å²) in [6, 6.07) is 12.4. The molecular weight excluding hydrogens is 361 g/mol. The molecule has 0 spiro atoms. The highest BCUT2D eigenvalue weighted by molar-refractivity contribution is 5.94. The second kappa shape index (κ2) is 9.85. The maximum absolute atomic E-state index is 12.8. The number of amides is 2. The van der Waals surface area contributed by atoms with Crippen LogP contribution in [0.25, 0.3) is 0 Å². The van der Waals surface area contributed by atoms with Crippen molar-refractivity contribution in [3.05, 3.63) is 54.3 Å². The molecule has 2 amide bonds. The van der Waals surface area contributed by atoms with Crippen molar-refractivity contribution >= 4 is 23.2 Å². The number of likely N-dealkylation sites (tertiary alicyclic amines) is 1. The predicted molar refractivity (Wildman–Crippen MR) is 106 cm³/mol. The number of halogens is 1. The largest absolute Gasteiger partial charge is 0.484 e. The minimum Gasteiger partial charge on any atom is -0.484 e. The Kier molecular flexibility index (Phi) is 6.97. The molecule has 0 bridgehead atoms. The molecule has 0 saturated carbocycles. The summed E-state index contributed by atoms with van der Waals surface area (Å²) in [6.07, 6.45) is 3.53. The lowest BCUT2D eigenvalue weighted by atomic mass is 10.1. The smallest absolute Gasteiger partial charge is 0.262 e. The average Bonchev–Trinajstić information content (AvgIpc) is 2.70. The summed E-state index contributed by atoms with van der Waals surface area (Å²) in [5, 5.41) is 5.58. The Bertz CT molecular complexity index is 788. The first-order valence-corrected chi connectivity index (χ1v) is 9.39. The molecule has 2 N–H and O–H groups in total. The summed E-state index contributed by atoms with van der Waals surface area (Å²) in [4.78, 5) is 26.2. The zero-order valence-electron chi connectivity index (χ0n) is 15.6. The number of nitrogens with zero attached hydrogens (tertiary/aromatic N) is 1. The first kappa shape index (κ1) is 19.8. The first-order chi connectivity index (χ1) is 13.6. The molecule has 1 aliphatic heterocycles. The van der Waals surface area contributed by atoms with Crippen LogP contribution >= 0.6 is 0 Å². The summed E-state index contributed by atoms with van der Waals surface area (Å²) in [7, 11) is 0. The minimum absolute atomic E-state index is 0.0358. The molecule has 1 aliphatic rings. The topological polar surface area (TPSA) is 70.7 Å². The van der Waals surface area contributed by atoms with Crippen LogP contribution in [0.4, 0.5) is 15.8 Å². The van der Waals surface area contributed by atoms with Gasteiger partial charge >= 0.3 is 0 Å². The Morgan fingerprint density at radius 3 is 2.04 bits per heavy atom. The van der Waals surface area contributed by atoms with Gasteiger partial charge in [-0.25, -0.2) is 4.39 Å². The standard InChI is InChI=1S/C21H24FN3O3/c22-16-4-10-19(11-5-16)28-15-21(27)24-18-8-6-17(7-9-18)23-20(26)14-25-12-2-1-3-13-25/h4-11H,1-3,12-15H2,(H,23,26)(H,24,27). The number of carbonyl (C=O) groups excluding carboxylic acids is 2. The Labute approximate surface area is 163 Å². The highest BCUT2D eigenvalue weighted by atomic mass is 19.1. The van der Waals surface area contributed by atoms with E-state index in [1.807, 2.05) is 0 Å². The lowest BCUT2D eigenvalue weighted by molar-refractivity contribution is -0.118. The number of benzene rings is 2. The Hall–Kier alpha value is -2.93. The molecule has 0 aromatic heterocycles. The molecule has 0 radical (unpaired) electrons. The van der Waals surface area contributed by atoms with E-state index in [1.54, 1.807) is 24.3 Å². The van der Waals surface area contributed by atoms with E-state index >= 15 is 0 Å². The van der Waals surface area contributed by atoms with Crippen LogP contribution in [0.2, 0.25) is 0 Å². The summed E-state index contributed by atoms with van der Waals surface area (Å²) < 4.78 is 18.1. The van der Waals surface area contributed by atoms with E-state index in [9.17, 15) is 14.0 Å². The van der Waals surface area contributed by atoms with E-state index in [2.05, 4.69) is 15.5 Å². The third kappa shape index (κ3) is 6.35. The van der Waals surface area contributed by atoms with Gasteiger partial charge in [0.1, 0.15) is 11.6 Å². The summed E-state index contributed by atoms with van der Waals surface area (Å²) >= 11 is 0. The highest BCUT2D eigenvalue weighted by Crippen LogP contribution is 2.15. The zero-order chi connectivity index (χ0) is 19.8. The molecule has 2 aromatic rings. The Morgan fingerprint density at radius 2 is 1.43 bits per heavy atom. The van der Waals surface area contributed by atoms with Crippen LogP contribution in [0.15, 0.2) is 48.5 Å². The van der Waals surface area contributed by atoms with Crippen LogP contribution in [0.5, 0.6) is 5.75 Å². The van der Waals surface area contributed by atoms with Crippen molar-refractivity contribution in [2.45, 2.75) is 19.3 Å². The van der Waals surface area contributed by atoms with E-state index < -0.39 is 0 Å². The van der Waals surface area contributed by atoms with Crippen molar-refractivity contribution in [2.24, 2.45) is 0 Å². The van der Waals surface area contributed by atoms with Crippen molar-refractivity contribution in [2.75, 3.05) is 36.9 Å². The van der Waals surface area contributed by atoms with Crippen molar-refractivity contribution in [3.8, 4) is 5.75 Å². The lowest BCUT2D eigenvalue weighted by Gasteiger charge is -2.25. The van der Waals surface area contributed by atoms with Gasteiger partial charge in [-0.15, -0.1) is 0 Å². The number of carbonyl (C=O) groups is 2. The molecule has 0 atom stereocenters. The molecule has 7 heteroatoms. The summed E-state index contributed by atoms with van der Waals surface area (Å²) in [5.41, 5.74) is 1.28. The first-order valence-electron chi connectivity index (χ1n) is 9.39. The molecule has 148 valence electrons. The normalized spacial score (nSPS) is 14.3. The van der Waals surface area contributed by atoms with Gasteiger partial charge in [0.15, 0.2) is 6.61 Å². The monoisotopic (exact) mass is 385 g/mol. The highest BCUT2D eigenvalue weighted by Gasteiger charge is 2.14. The predicted octanol–water partition coefficient (Wildman–Crippen LogP) is 3.27. The number of hydrogen-bond donors (Lipinski definition) is 2. The zero-order valence-corrected chi connectivity index (χ0v) is 15.6. The lowest BCUT2D eigenvalue weighted by Crippen LogP contribution is -2.36. The van der Waals surface area contributed by atoms with Crippen LogP contribution in [-0.2, 0) is 9.59 Å². The Morgan fingerprint density at radius 1 is 0.857 bits per heavy atom. The summed E-state index contributed by atoms with van der Waals surface area (Å²) in [6.45, 7) is 2.16. The molecule has 0 aliphatic carbocycles. The van der Waals surface area contributed by atoms with Crippen molar-refractivity contribution < 1.29 is 18.7 Å². The fraction of sp³-hybridized carbons (Fsp3) is 0.333. The van der Waals surface area contributed by atoms with E-state index in [0.717, 1.165) is 25.9 Å². The van der Waals surface area contributed by atoms with Gasteiger partial charge in [-0.05, 0) is 74.5 Å². The number of nitrogens with one attached hydrogen (secondary N) is 2. The fourth-order valence-electron chi connectivity index (χ4n) is 3.03. The minimum atomic E-state index is -0.361. The molecule has 1 heterocycles. The van der Waals surface area contributed by atoms with Crippen LogP contribution in [0, 0.1) is 5.82 Å². The van der Waals surface area contributed by atoms with Gasteiger partial charge in [-0.3, -0.25) is 14.5 Å². The molecule has 2 aromatic carbocycles. The van der Waals surface area contributed by atoms with Gasteiger partial charge in [-0.2, -0.15) is 0 Å². The number of rotatable bonds is 7. The number of hydrogen-bond acceptors (Lipinski definition) is 4. The van der Waals surface area contributed by atoms with Crippen LogP contribution in [-0.4, -0.2) is 43.0 Å². The third-order valence-electron chi connectivity index (χ3n) is 4.45. The van der Waals surface area contributed by atoms with Crippen LogP contribution < -0.4 is 15.4 Å². The van der Waals surface area contributed by atoms with E-state index in [4.69, 9.17) is 4.74 Å². The fourth-order valence-corrected chi connectivity index (χ4v) is 3.03. The Balaban J connectivity index is 1.42. The molecule has 1 fully saturated rings.